The molecule has 0 unspecified atom stereocenters. The van der Waals surface area contributed by atoms with Crippen molar-refractivity contribution in [2.75, 3.05) is 11.9 Å². The molecule has 170 valence electrons. The molecule has 1 aromatic heterocycles. The number of pyridine rings is 1. The molecule has 0 bridgehead atoms. The number of para-hydroxylation sites is 1. The molecule has 1 heterocycles. The number of ether oxygens (including phenoxy) is 1. The Bertz CT molecular complexity index is 1360. The summed E-state index contributed by atoms with van der Waals surface area (Å²) in [6.45, 7) is 3.39. The molecule has 0 spiro atoms. The van der Waals surface area contributed by atoms with E-state index in [2.05, 4.69) is 10.3 Å². The molecular formula is C28H24N2O4. The minimum atomic E-state index is -0.565. The largest absolute Gasteiger partial charge is 0.452 e. The number of carbonyl (C=O) groups is 3. The molecule has 1 amide bonds. The summed E-state index contributed by atoms with van der Waals surface area (Å²) < 4.78 is 5.34. The summed E-state index contributed by atoms with van der Waals surface area (Å²) >= 11 is 0. The number of rotatable bonds is 7. The first-order chi connectivity index (χ1) is 16.5. The number of benzene rings is 3. The minimum Gasteiger partial charge on any atom is -0.452 e. The molecule has 0 radical (unpaired) electrons. The van der Waals surface area contributed by atoms with Crippen molar-refractivity contribution < 1.29 is 19.1 Å². The molecule has 0 aliphatic heterocycles. The maximum Gasteiger partial charge on any atom is 0.339 e. The topological polar surface area (TPSA) is 85.4 Å². The second kappa shape index (κ2) is 10.1. The highest BCUT2D eigenvalue weighted by Crippen LogP contribution is 2.24. The fourth-order valence-corrected chi connectivity index (χ4v) is 3.83. The summed E-state index contributed by atoms with van der Waals surface area (Å²) in [5.41, 5.74) is 4.33. The number of ketones is 1. The number of amides is 1. The molecular weight excluding hydrogens is 428 g/mol. The van der Waals surface area contributed by atoms with Crippen LogP contribution in [-0.2, 0) is 16.0 Å². The van der Waals surface area contributed by atoms with Crippen LogP contribution >= 0.6 is 0 Å². The Labute approximate surface area is 197 Å². The summed E-state index contributed by atoms with van der Waals surface area (Å²) in [6.07, 6.45) is 0.681. The van der Waals surface area contributed by atoms with Crippen molar-refractivity contribution in [1.29, 1.82) is 0 Å². The van der Waals surface area contributed by atoms with E-state index < -0.39 is 18.5 Å². The maximum absolute atomic E-state index is 12.9. The second-order valence-corrected chi connectivity index (χ2v) is 7.83. The quantitative estimate of drug-likeness (QED) is 0.310. The van der Waals surface area contributed by atoms with Crippen LogP contribution in [0, 0.1) is 6.92 Å². The lowest BCUT2D eigenvalue weighted by Gasteiger charge is -2.13. The number of carbonyl (C=O) groups excluding carboxylic acids is 3. The van der Waals surface area contributed by atoms with Crippen molar-refractivity contribution in [2.24, 2.45) is 0 Å². The predicted octanol–water partition coefficient (Wildman–Crippen LogP) is 5.13. The average molecular weight is 453 g/mol. The lowest BCUT2D eigenvalue weighted by atomic mass is 10.0. The molecule has 0 saturated carbocycles. The third-order valence-corrected chi connectivity index (χ3v) is 5.58. The smallest absolute Gasteiger partial charge is 0.339 e. The van der Waals surface area contributed by atoms with E-state index in [-0.39, 0.29) is 5.78 Å². The second-order valence-electron chi connectivity index (χ2n) is 7.83. The van der Waals surface area contributed by atoms with Crippen molar-refractivity contribution >= 4 is 34.3 Å². The van der Waals surface area contributed by atoms with Gasteiger partial charge in [-0.15, -0.1) is 0 Å². The molecule has 6 nitrogen and oxygen atoms in total. The number of hydrogen-bond acceptors (Lipinski definition) is 5. The van der Waals surface area contributed by atoms with Crippen LogP contribution in [0.25, 0.3) is 10.9 Å². The Morgan fingerprint density at radius 1 is 0.853 bits per heavy atom. The molecule has 6 heteroatoms. The van der Waals surface area contributed by atoms with Gasteiger partial charge in [-0.2, -0.15) is 0 Å². The van der Waals surface area contributed by atoms with Crippen LogP contribution in [0.2, 0.25) is 0 Å². The van der Waals surface area contributed by atoms with Gasteiger partial charge in [0.15, 0.2) is 12.4 Å². The monoisotopic (exact) mass is 452 g/mol. The fraction of sp³-hybridized carbons (Fsp3) is 0.143. The number of aryl methyl sites for hydroxylation is 1. The first-order valence-corrected chi connectivity index (χ1v) is 11.0. The molecule has 0 aliphatic rings. The maximum atomic E-state index is 12.9. The fourth-order valence-electron chi connectivity index (χ4n) is 3.83. The molecule has 0 fully saturated rings. The number of aromatic nitrogens is 1. The number of esters is 1. The Kier molecular flexibility index (Phi) is 6.78. The number of fused-ring (bicyclic) bond motifs is 1. The van der Waals surface area contributed by atoms with Crippen molar-refractivity contribution in [3.05, 3.63) is 107 Å². The lowest BCUT2D eigenvalue weighted by molar-refractivity contribution is -0.119. The molecule has 1 N–H and O–H groups in total. The van der Waals surface area contributed by atoms with Crippen LogP contribution in [0.4, 0.5) is 5.69 Å². The third-order valence-electron chi connectivity index (χ3n) is 5.58. The van der Waals surface area contributed by atoms with Crippen molar-refractivity contribution in [2.45, 2.75) is 20.3 Å². The highest BCUT2D eigenvalue weighted by Gasteiger charge is 2.19. The summed E-state index contributed by atoms with van der Waals surface area (Å²) in [6, 6.07) is 22.9. The van der Waals surface area contributed by atoms with E-state index in [9.17, 15) is 14.4 Å². The average Bonchev–Trinajstić information content (AvgIpc) is 2.87. The summed E-state index contributed by atoms with van der Waals surface area (Å²) in [4.78, 5) is 42.4. The van der Waals surface area contributed by atoms with Gasteiger partial charge < -0.3 is 10.1 Å². The molecule has 0 atom stereocenters. The Morgan fingerprint density at radius 2 is 1.50 bits per heavy atom. The van der Waals surface area contributed by atoms with Gasteiger partial charge in [0.1, 0.15) is 0 Å². The van der Waals surface area contributed by atoms with Gasteiger partial charge in [0.2, 0.25) is 0 Å². The number of nitrogens with zero attached hydrogens (tertiary/aromatic N) is 1. The van der Waals surface area contributed by atoms with Gasteiger partial charge in [0, 0.05) is 27.9 Å². The first kappa shape index (κ1) is 22.9. The number of anilines is 1. The molecule has 0 saturated heterocycles. The Morgan fingerprint density at radius 3 is 2.21 bits per heavy atom. The molecule has 4 aromatic rings. The first-order valence-electron chi connectivity index (χ1n) is 11.0. The van der Waals surface area contributed by atoms with Crippen molar-refractivity contribution in [3.63, 3.8) is 0 Å². The van der Waals surface area contributed by atoms with Gasteiger partial charge in [0.05, 0.1) is 11.1 Å². The van der Waals surface area contributed by atoms with E-state index in [4.69, 9.17) is 4.74 Å². The third kappa shape index (κ3) is 4.86. The van der Waals surface area contributed by atoms with Crippen LogP contribution in [-0.4, -0.2) is 29.3 Å². The molecule has 3 aromatic carbocycles. The van der Waals surface area contributed by atoms with Crippen LogP contribution in [0.5, 0.6) is 0 Å². The van der Waals surface area contributed by atoms with Gasteiger partial charge >= 0.3 is 5.97 Å². The highest BCUT2D eigenvalue weighted by molar-refractivity contribution is 6.09. The zero-order chi connectivity index (χ0) is 24.1. The number of hydrogen-bond donors (Lipinski definition) is 1. The van der Waals surface area contributed by atoms with Crippen LogP contribution in [0.3, 0.4) is 0 Å². The normalized spacial score (nSPS) is 10.6. The van der Waals surface area contributed by atoms with Gasteiger partial charge in [0.25, 0.3) is 5.91 Å². The van der Waals surface area contributed by atoms with Crippen molar-refractivity contribution in [3.8, 4) is 0 Å². The van der Waals surface area contributed by atoms with E-state index in [1.165, 1.54) is 0 Å². The van der Waals surface area contributed by atoms with E-state index in [0.717, 1.165) is 11.3 Å². The predicted molar refractivity (Wildman–Crippen MR) is 131 cm³/mol. The van der Waals surface area contributed by atoms with E-state index in [0.29, 0.717) is 39.7 Å². The lowest BCUT2D eigenvalue weighted by Crippen LogP contribution is -2.21. The van der Waals surface area contributed by atoms with Crippen LogP contribution in [0.1, 0.15) is 44.5 Å². The van der Waals surface area contributed by atoms with Gasteiger partial charge in [-0.25, -0.2) is 4.79 Å². The summed E-state index contributed by atoms with van der Waals surface area (Å²) in [7, 11) is 0. The number of nitrogens with one attached hydrogen (secondary N) is 1. The minimum absolute atomic E-state index is 0.0983. The Hall–Kier alpha value is -4.32. The highest BCUT2D eigenvalue weighted by atomic mass is 16.5. The summed E-state index contributed by atoms with van der Waals surface area (Å²) in [5.74, 6) is -1.13. The van der Waals surface area contributed by atoms with E-state index >= 15 is 0 Å². The van der Waals surface area contributed by atoms with Gasteiger partial charge in [-0.1, -0.05) is 55.5 Å². The van der Waals surface area contributed by atoms with Crippen LogP contribution in [0.15, 0.2) is 78.9 Å². The van der Waals surface area contributed by atoms with Crippen molar-refractivity contribution in [1.82, 2.24) is 4.98 Å². The zero-order valence-corrected chi connectivity index (χ0v) is 19.0. The summed E-state index contributed by atoms with van der Waals surface area (Å²) in [5, 5.41) is 3.38. The zero-order valence-electron chi connectivity index (χ0n) is 19.0. The SMILES string of the molecule is CCc1nc2ccccc2c(C(=O)OCC(=O)Nc2ccc(C(=O)c3ccccc3)cc2)c1C. The molecule has 34 heavy (non-hydrogen) atoms. The molecule has 4 rings (SSSR count). The Balaban J connectivity index is 1.41. The van der Waals surface area contributed by atoms with Gasteiger partial charge in [-0.3, -0.25) is 14.6 Å². The standard InChI is InChI=1S/C28H24N2O4/c1-3-23-18(2)26(22-11-7-8-12-24(22)30-23)28(33)34-17-25(31)29-21-15-13-20(14-16-21)27(32)19-9-5-4-6-10-19/h4-16H,3,17H2,1-2H3,(H,29,31). The van der Waals surface area contributed by atoms with Gasteiger partial charge in [-0.05, 0) is 49.2 Å². The molecule has 0 aliphatic carbocycles. The van der Waals surface area contributed by atoms with E-state index in [1.54, 1.807) is 36.4 Å². The van der Waals surface area contributed by atoms with E-state index in [1.807, 2.05) is 56.3 Å². The van der Waals surface area contributed by atoms with Crippen LogP contribution < -0.4 is 5.32 Å².